The molecular formula is C21H24N2O3. The van der Waals surface area contributed by atoms with E-state index in [1.807, 2.05) is 31.2 Å². The minimum absolute atomic E-state index is 0.134. The molecule has 1 amide bonds. The molecule has 3 rings (SSSR count). The fourth-order valence-corrected chi connectivity index (χ4v) is 3.07. The monoisotopic (exact) mass is 352 g/mol. The molecular weight excluding hydrogens is 328 g/mol. The van der Waals surface area contributed by atoms with Crippen LogP contribution in [0.3, 0.4) is 0 Å². The molecule has 26 heavy (non-hydrogen) atoms. The maximum Gasteiger partial charge on any atom is 0.338 e. The van der Waals surface area contributed by atoms with Gasteiger partial charge >= 0.3 is 5.97 Å². The van der Waals surface area contributed by atoms with Crippen molar-refractivity contribution in [3.05, 3.63) is 71.3 Å². The Morgan fingerprint density at radius 1 is 0.962 bits per heavy atom. The number of carbonyl (C=O) groups is 2. The third-order valence-corrected chi connectivity index (χ3v) is 4.55. The molecule has 5 heteroatoms. The first-order chi connectivity index (χ1) is 12.6. The number of benzene rings is 2. The normalized spacial score (nSPS) is 14.9. The van der Waals surface area contributed by atoms with Gasteiger partial charge in [-0.3, -0.25) is 9.69 Å². The van der Waals surface area contributed by atoms with Crippen LogP contribution in [-0.2, 0) is 16.1 Å². The van der Waals surface area contributed by atoms with Crippen molar-refractivity contribution in [2.75, 3.05) is 32.8 Å². The van der Waals surface area contributed by atoms with Gasteiger partial charge in [0.2, 0.25) is 0 Å². The van der Waals surface area contributed by atoms with E-state index < -0.39 is 5.97 Å². The molecule has 0 N–H and O–H groups in total. The Bertz CT molecular complexity index is 753. The largest absolute Gasteiger partial charge is 0.452 e. The highest BCUT2D eigenvalue weighted by Crippen LogP contribution is 2.09. The lowest BCUT2D eigenvalue weighted by Gasteiger charge is -2.34. The van der Waals surface area contributed by atoms with E-state index in [1.54, 1.807) is 23.1 Å². The molecule has 1 heterocycles. The number of esters is 1. The van der Waals surface area contributed by atoms with E-state index >= 15 is 0 Å². The van der Waals surface area contributed by atoms with E-state index in [0.717, 1.165) is 25.2 Å². The summed E-state index contributed by atoms with van der Waals surface area (Å²) in [5.74, 6) is -0.588. The predicted octanol–water partition coefficient (Wildman–Crippen LogP) is 2.50. The van der Waals surface area contributed by atoms with Crippen LogP contribution in [-0.4, -0.2) is 54.5 Å². The zero-order valence-electron chi connectivity index (χ0n) is 15.1. The van der Waals surface area contributed by atoms with Crippen molar-refractivity contribution < 1.29 is 14.3 Å². The van der Waals surface area contributed by atoms with Crippen LogP contribution in [0.1, 0.15) is 21.5 Å². The van der Waals surface area contributed by atoms with Crippen molar-refractivity contribution in [2.45, 2.75) is 13.5 Å². The summed E-state index contributed by atoms with van der Waals surface area (Å²) in [6.07, 6.45) is 0. The Hall–Kier alpha value is -2.66. The molecule has 0 saturated carbocycles. The van der Waals surface area contributed by atoms with Gasteiger partial charge in [-0.25, -0.2) is 4.79 Å². The lowest BCUT2D eigenvalue weighted by atomic mass is 10.1. The van der Waals surface area contributed by atoms with E-state index in [0.29, 0.717) is 18.7 Å². The summed E-state index contributed by atoms with van der Waals surface area (Å²) in [6, 6.07) is 17.5. The maximum atomic E-state index is 12.3. The molecule has 0 aromatic heterocycles. The first-order valence-electron chi connectivity index (χ1n) is 8.89. The van der Waals surface area contributed by atoms with Crippen LogP contribution in [0.5, 0.6) is 0 Å². The lowest BCUT2D eigenvalue weighted by Crippen LogP contribution is -2.49. The van der Waals surface area contributed by atoms with E-state index in [-0.39, 0.29) is 12.5 Å². The number of hydrogen-bond acceptors (Lipinski definition) is 4. The van der Waals surface area contributed by atoms with Gasteiger partial charge < -0.3 is 9.64 Å². The van der Waals surface area contributed by atoms with Gasteiger partial charge in [0.25, 0.3) is 5.91 Å². The smallest absolute Gasteiger partial charge is 0.338 e. The van der Waals surface area contributed by atoms with Crippen molar-refractivity contribution in [3.8, 4) is 0 Å². The molecule has 1 aliphatic heterocycles. The van der Waals surface area contributed by atoms with Crippen LogP contribution in [0.15, 0.2) is 54.6 Å². The van der Waals surface area contributed by atoms with Crippen molar-refractivity contribution >= 4 is 11.9 Å². The number of aryl methyl sites for hydroxylation is 1. The van der Waals surface area contributed by atoms with E-state index in [4.69, 9.17) is 4.74 Å². The first-order valence-corrected chi connectivity index (χ1v) is 8.89. The SMILES string of the molecule is Cc1cccc(C(=O)OCC(=O)N2CCN(Cc3ccccc3)CC2)c1. The molecule has 5 nitrogen and oxygen atoms in total. The highest BCUT2D eigenvalue weighted by Gasteiger charge is 2.22. The second-order valence-corrected chi connectivity index (χ2v) is 6.59. The van der Waals surface area contributed by atoms with Gasteiger partial charge in [0.05, 0.1) is 5.56 Å². The second kappa shape index (κ2) is 8.63. The van der Waals surface area contributed by atoms with E-state index in [2.05, 4.69) is 17.0 Å². The third-order valence-electron chi connectivity index (χ3n) is 4.55. The van der Waals surface area contributed by atoms with Gasteiger partial charge in [-0.05, 0) is 24.6 Å². The lowest BCUT2D eigenvalue weighted by molar-refractivity contribution is -0.136. The minimum Gasteiger partial charge on any atom is -0.452 e. The molecule has 1 aliphatic rings. The average molecular weight is 352 g/mol. The number of amides is 1. The molecule has 1 fully saturated rings. The van der Waals surface area contributed by atoms with E-state index in [9.17, 15) is 9.59 Å². The highest BCUT2D eigenvalue weighted by molar-refractivity contribution is 5.91. The van der Waals surface area contributed by atoms with Gasteiger partial charge in [0.1, 0.15) is 0 Å². The highest BCUT2D eigenvalue weighted by atomic mass is 16.5. The molecule has 1 saturated heterocycles. The second-order valence-electron chi connectivity index (χ2n) is 6.59. The fourth-order valence-electron chi connectivity index (χ4n) is 3.07. The summed E-state index contributed by atoms with van der Waals surface area (Å²) in [6.45, 7) is 5.58. The average Bonchev–Trinajstić information content (AvgIpc) is 2.67. The minimum atomic E-state index is -0.454. The molecule has 2 aromatic rings. The third kappa shape index (κ3) is 4.92. The fraction of sp³-hybridized carbons (Fsp3) is 0.333. The Balaban J connectivity index is 1.43. The Morgan fingerprint density at radius 2 is 1.69 bits per heavy atom. The molecule has 0 unspecified atom stereocenters. The molecule has 0 radical (unpaired) electrons. The summed E-state index contributed by atoms with van der Waals surface area (Å²) in [5.41, 5.74) is 2.74. The Morgan fingerprint density at radius 3 is 2.38 bits per heavy atom. The quantitative estimate of drug-likeness (QED) is 0.776. The van der Waals surface area contributed by atoms with Crippen LogP contribution >= 0.6 is 0 Å². The summed E-state index contributed by atoms with van der Waals surface area (Å²) in [5, 5.41) is 0. The van der Waals surface area contributed by atoms with Crippen LogP contribution in [0.2, 0.25) is 0 Å². The maximum absolute atomic E-state index is 12.3. The summed E-state index contributed by atoms with van der Waals surface area (Å²) in [7, 11) is 0. The predicted molar refractivity (Wildman–Crippen MR) is 99.8 cm³/mol. The van der Waals surface area contributed by atoms with Crippen molar-refractivity contribution in [3.63, 3.8) is 0 Å². The van der Waals surface area contributed by atoms with Crippen molar-refractivity contribution in [1.29, 1.82) is 0 Å². The molecule has 2 aromatic carbocycles. The van der Waals surface area contributed by atoms with Crippen molar-refractivity contribution in [2.24, 2.45) is 0 Å². The van der Waals surface area contributed by atoms with Gasteiger partial charge in [0.15, 0.2) is 6.61 Å². The van der Waals surface area contributed by atoms with Gasteiger partial charge in [-0.1, -0.05) is 48.0 Å². The Labute approximate surface area is 154 Å². The van der Waals surface area contributed by atoms with Gasteiger partial charge in [0, 0.05) is 32.7 Å². The number of rotatable bonds is 5. The number of ether oxygens (including phenoxy) is 1. The molecule has 0 bridgehead atoms. The van der Waals surface area contributed by atoms with Crippen LogP contribution in [0, 0.1) is 6.92 Å². The van der Waals surface area contributed by atoms with Crippen LogP contribution < -0.4 is 0 Å². The van der Waals surface area contributed by atoms with Gasteiger partial charge in [-0.15, -0.1) is 0 Å². The van der Waals surface area contributed by atoms with Crippen LogP contribution in [0.25, 0.3) is 0 Å². The van der Waals surface area contributed by atoms with Gasteiger partial charge in [-0.2, -0.15) is 0 Å². The molecule has 0 spiro atoms. The molecule has 0 atom stereocenters. The standard InChI is InChI=1S/C21H24N2O3/c1-17-6-5-9-19(14-17)21(25)26-16-20(24)23-12-10-22(11-13-23)15-18-7-3-2-4-8-18/h2-9,14H,10-13,15-16H2,1H3. The summed E-state index contributed by atoms with van der Waals surface area (Å²) in [4.78, 5) is 28.4. The first kappa shape index (κ1) is 18.1. The summed E-state index contributed by atoms with van der Waals surface area (Å²) < 4.78 is 5.18. The summed E-state index contributed by atoms with van der Waals surface area (Å²) >= 11 is 0. The molecule has 136 valence electrons. The number of carbonyl (C=O) groups excluding carboxylic acids is 2. The Kier molecular flexibility index (Phi) is 6.02. The van der Waals surface area contributed by atoms with E-state index in [1.165, 1.54) is 5.56 Å². The number of piperazine rings is 1. The zero-order chi connectivity index (χ0) is 18.4. The zero-order valence-corrected chi connectivity index (χ0v) is 15.1. The molecule has 0 aliphatic carbocycles. The number of nitrogens with zero attached hydrogens (tertiary/aromatic N) is 2. The topological polar surface area (TPSA) is 49.9 Å². The number of hydrogen-bond donors (Lipinski definition) is 0. The van der Waals surface area contributed by atoms with Crippen LogP contribution in [0.4, 0.5) is 0 Å². The van der Waals surface area contributed by atoms with Crippen molar-refractivity contribution in [1.82, 2.24) is 9.80 Å².